The Kier molecular flexibility index (Phi) is 2.81. The molecule has 0 saturated heterocycles. The van der Waals surface area contributed by atoms with E-state index in [-0.39, 0.29) is 5.41 Å². The van der Waals surface area contributed by atoms with E-state index in [0.29, 0.717) is 6.04 Å². The van der Waals surface area contributed by atoms with Crippen molar-refractivity contribution in [3.63, 3.8) is 0 Å². The maximum Gasteiger partial charge on any atom is 0.0485 e. The molecule has 0 N–H and O–H groups in total. The van der Waals surface area contributed by atoms with Crippen molar-refractivity contribution in [1.29, 1.82) is 0 Å². The summed E-state index contributed by atoms with van der Waals surface area (Å²) in [4.78, 5) is 0. The van der Waals surface area contributed by atoms with Crippen molar-refractivity contribution >= 4 is 10.9 Å². The van der Waals surface area contributed by atoms with Crippen LogP contribution in [-0.2, 0) is 5.41 Å². The van der Waals surface area contributed by atoms with Crippen LogP contribution in [0.25, 0.3) is 10.9 Å². The molecular formula is C16H23N. The number of hydrogen-bond acceptors (Lipinski definition) is 0. The zero-order valence-electron chi connectivity index (χ0n) is 11.8. The van der Waals surface area contributed by atoms with Crippen LogP contribution in [0.2, 0.25) is 0 Å². The van der Waals surface area contributed by atoms with Gasteiger partial charge in [-0.05, 0) is 39.0 Å². The van der Waals surface area contributed by atoms with Crippen LogP contribution in [0.1, 0.15) is 51.9 Å². The van der Waals surface area contributed by atoms with Crippen LogP contribution in [0.4, 0.5) is 0 Å². The van der Waals surface area contributed by atoms with Crippen molar-refractivity contribution in [2.45, 2.75) is 53.0 Å². The first-order valence-corrected chi connectivity index (χ1v) is 6.43. The topological polar surface area (TPSA) is 4.93 Å². The zero-order valence-corrected chi connectivity index (χ0v) is 11.8. The number of hydrogen-bond donors (Lipinski definition) is 0. The number of nitrogens with zero attached hydrogens (tertiary/aromatic N) is 1. The quantitative estimate of drug-likeness (QED) is 0.660. The van der Waals surface area contributed by atoms with E-state index in [2.05, 4.69) is 70.4 Å². The normalized spacial score (nSPS) is 12.6. The Morgan fingerprint density at radius 1 is 1.06 bits per heavy atom. The van der Waals surface area contributed by atoms with Crippen LogP contribution in [0.5, 0.6) is 0 Å². The van der Waals surface area contributed by atoms with E-state index in [1.54, 1.807) is 0 Å². The van der Waals surface area contributed by atoms with Crippen LogP contribution in [0.15, 0.2) is 24.3 Å². The van der Waals surface area contributed by atoms with Gasteiger partial charge in [0.2, 0.25) is 0 Å². The van der Waals surface area contributed by atoms with Crippen LogP contribution in [-0.4, -0.2) is 4.57 Å². The highest BCUT2D eigenvalue weighted by Gasteiger charge is 2.21. The molecule has 0 aliphatic rings. The third kappa shape index (κ3) is 2.11. The molecule has 92 valence electrons. The van der Waals surface area contributed by atoms with Gasteiger partial charge in [0.1, 0.15) is 0 Å². The van der Waals surface area contributed by atoms with Gasteiger partial charge in [0.25, 0.3) is 0 Å². The van der Waals surface area contributed by atoms with Gasteiger partial charge in [0, 0.05) is 28.1 Å². The first-order chi connectivity index (χ1) is 7.80. The maximum atomic E-state index is 2.47. The van der Waals surface area contributed by atoms with E-state index in [9.17, 15) is 0 Å². The van der Waals surface area contributed by atoms with Crippen molar-refractivity contribution in [2.75, 3.05) is 0 Å². The summed E-state index contributed by atoms with van der Waals surface area (Å²) >= 11 is 0. The largest absolute Gasteiger partial charge is 0.342 e. The third-order valence-electron chi connectivity index (χ3n) is 3.28. The molecule has 0 amide bonds. The fraction of sp³-hybridized carbons (Fsp3) is 0.500. The molecule has 0 spiro atoms. The van der Waals surface area contributed by atoms with E-state index in [4.69, 9.17) is 0 Å². The molecule has 0 radical (unpaired) electrons. The van der Waals surface area contributed by atoms with Crippen LogP contribution in [0, 0.1) is 6.92 Å². The first-order valence-electron chi connectivity index (χ1n) is 6.43. The minimum atomic E-state index is 0.192. The molecule has 1 nitrogen and oxygen atoms in total. The van der Waals surface area contributed by atoms with E-state index >= 15 is 0 Å². The van der Waals surface area contributed by atoms with Crippen LogP contribution in [0.3, 0.4) is 0 Å². The number of aromatic nitrogens is 1. The molecule has 0 aliphatic heterocycles. The summed E-state index contributed by atoms with van der Waals surface area (Å²) in [5, 5.41) is 1.36. The van der Waals surface area contributed by atoms with Crippen molar-refractivity contribution in [2.24, 2.45) is 0 Å². The molecule has 0 aliphatic carbocycles. The van der Waals surface area contributed by atoms with Gasteiger partial charge in [-0.25, -0.2) is 0 Å². The Hall–Kier alpha value is -1.24. The highest BCUT2D eigenvalue weighted by Crippen LogP contribution is 2.32. The Bertz CT molecular complexity index is 538. The molecule has 1 heterocycles. The first kappa shape index (κ1) is 12.2. The standard InChI is InChI=1S/C16H23N/c1-11(2)17-14-8-7-12(3)9-13(14)10-15(17)16(4,5)6/h7-11H,1-6H3. The zero-order chi connectivity index (χ0) is 12.8. The molecule has 0 unspecified atom stereocenters. The second-order valence-electron chi connectivity index (χ2n) is 6.31. The van der Waals surface area contributed by atoms with E-state index in [1.165, 1.54) is 22.2 Å². The average Bonchev–Trinajstić information content (AvgIpc) is 2.55. The monoisotopic (exact) mass is 229 g/mol. The molecule has 17 heavy (non-hydrogen) atoms. The SMILES string of the molecule is Cc1ccc2c(c1)cc(C(C)(C)C)n2C(C)C. The number of benzene rings is 1. The lowest BCUT2D eigenvalue weighted by atomic mass is 9.91. The minimum Gasteiger partial charge on any atom is -0.342 e. The van der Waals surface area contributed by atoms with Crippen molar-refractivity contribution in [1.82, 2.24) is 4.57 Å². The number of aryl methyl sites for hydroxylation is 1. The van der Waals surface area contributed by atoms with Crippen molar-refractivity contribution < 1.29 is 0 Å². The van der Waals surface area contributed by atoms with Crippen LogP contribution >= 0.6 is 0 Å². The summed E-state index contributed by atoms with van der Waals surface area (Å²) < 4.78 is 2.47. The van der Waals surface area contributed by atoms with E-state index in [0.717, 1.165) is 0 Å². The lowest BCUT2D eigenvalue weighted by Gasteiger charge is -2.24. The lowest BCUT2D eigenvalue weighted by Crippen LogP contribution is -2.18. The summed E-state index contributed by atoms with van der Waals surface area (Å²) in [5.74, 6) is 0. The Balaban J connectivity index is 2.80. The summed E-state index contributed by atoms with van der Waals surface area (Å²) in [6, 6.07) is 9.59. The molecule has 2 rings (SSSR count). The fourth-order valence-electron chi connectivity index (χ4n) is 2.49. The summed E-state index contributed by atoms with van der Waals surface area (Å²) in [7, 11) is 0. The molecule has 1 heteroatoms. The summed E-state index contributed by atoms with van der Waals surface area (Å²) in [5.41, 5.74) is 4.31. The van der Waals surface area contributed by atoms with Gasteiger partial charge < -0.3 is 4.57 Å². The Morgan fingerprint density at radius 3 is 2.24 bits per heavy atom. The van der Waals surface area contributed by atoms with E-state index in [1.807, 2.05) is 0 Å². The molecule has 2 aromatic rings. The van der Waals surface area contributed by atoms with Gasteiger partial charge in [0.15, 0.2) is 0 Å². The molecular weight excluding hydrogens is 206 g/mol. The lowest BCUT2D eigenvalue weighted by molar-refractivity contribution is 0.494. The third-order valence-corrected chi connectivity index (χ3v) is 3.28. The molecule has 1 aromatic heterocycles. The predicted octanol–water partition coefficient (Wildman–Crippen LogP) is 4.83. The van der Waals surface area contributed by atoms with Gasteiger partial charge in [0.05, 0.1) is 0 Å². The smallest absolute Gasteiger partial charge is 0.0485 e. The molecule has 0 saturated carbocycles. The average molecular weight is 229 g/mol. The second-order valence-corrected chi connectivity index (χ2v) is 6.31. The van der Waals surface area contributed by atoms with Gasteiger partial charge in [-0.15, -0.1) is 0 Å². The molecule has 0 bridgehead atoms. The van der Waals surface area contributed by atoms with E-state index < -0.39 is 0 Å². The van der Waals surface area contributed by atoms with Gasteiger partial charge in [-0.1, -0.05) is 32.4 Å². The number of fused-ring (bicyclic) bond motifs is 1. The summed E-state index contributed by atoms with van der Waals surface area (Å²) in [6.07, 6.45) is 0. The second kappa shape index (κ2) is 3.90. The van der Waals surface area contributed by atoms with Gasteiger partial charge in [-0.2, -0.15) is 0 Å². The minimum absolute atomic E-state index is 0.192. The molecule has 1 aromatic carbocycles. The van der Waals surface area contributed by atoms with Crippen molar-refractivity contribution in [3.8, 4) is 0 Å². The van der Waals surface area contributed by atoms with Gasteiger partial charge in [-0.3, -0.25) is 0 Å². The van der Waals surface area contributed by atoms with Crippen molar-refractivity contribution in [3.05, 3.63) is 35.5 Å². The van der Waals surface area contributed by atoms with Crippen LogP contribution < -0.4 is 0 Å². The fourth-order valence-corrected chi connectivity index (χ4v) is 2.49. The Labute approximate surface area is 104 Å². The highest BCUT2D eigenvalue weighted by molar-refractivity contribution is 5.82. The number of rotatable bonds is 1. The molecule has 0 fully saturated rings. The predicted molar refractivity (Wildman–Crippen MR) is 75.8 cm³/mol. The summed E-state index contributed by atoms with van der Waals surface area (Å²) in [6.45, 7) is 13.5. The molecule has 0 atom stereocenters. The highest BCUT2D eigenvalue weighted by atomic mass is 15.0. The Morgan fingerprint density at radius 2 is 1.71 bits per heavy atom. The maximum absolute atomic E-state index is 2.47. The van der Waals surface area contributed by atoms with Gasteiger partial charge >= 0.3 is 0 Å².